The molecule has 4 heteroatoms. The van der Waals surface area contributed by atoms with E-state index in [1.807, 2.05) is 30.9 Å². The largest absolute Gasteiger partial charge is 0.396 e. The summed E-state index contributed by atoms with van der Waals surface area (Å²) in [6, 6.07) is 5.49. The third-order valence-electron chi connectivity index (χ3n) is 6.13. The van der Waals surface area contributed by atoms with E-state index in [1.54, 1.807) is 6.07 Å². The average molecular weight is 333 g/mol. The molecule has 3 rings (SSSR count). The Labute approximate surface area is 143 Å². The van der Waals surface area contributed by atoms with E-state index in [2.05, 4.69) is 0 Å². The van der Waals surface area contributed by atoms with Gasteiger partial charge in [0.15, 0.2) is 0 Å². The van der Waals surface area contributed by atoms with Crippen molar-refractivity contribution >= 4 is 5.91 Å². The van der Waals surface area contributed by atoms with E-state index in [0.717, 1.165) is 44.3 Å². The Kier molecular flexibility index (Phi) is 4.95. The van der Waals surface area contributed by atoms with Crippen LogP contribution in [0.3, 0.4) is 0 Å². The Hall–Kier alpha value is -1.42. The fourth-order valence-electron chi connectivity index (χ4n) is 4.36. The summed E-state index contributed by atoms with van der Waals surface area (Å²) >= 11 is 0. The van der Waals surface area contributed by atoms with Crippen molar-refractivity contribution in [2.45, 2.75) is 51.9 Å². The number of nitrogens with zero attached hydrogens (tertiary/aromatic N) is 1. The zero-order chi connectivity index (χ0) is 17.3. The number of likely N-dealkylation sites (tertiary alicyclic amines) is 1. The molecule has 24 heavy (non-hydrogen) atoms. The second-order valence-electron chi connectivity index (χ2n) is 7.76. The lowest BCUT2D eigenvalue weighted by molar-refractivity contribution is -0.151. The molecular formula is C20H28FNO2. The number of aliphatic hydroxyl groups is 1. The number of benzene rings is 1. The highest BCUT2D eigenvalue weighted by Crippen LogP contribution is 2.48. The zero-order valence-corrected chi connectivity index (χ0v) is 14.7. The minimum atomic E-state index is -0.235. The molecule has 0 aromatic heterocycles. The highest BCUT2D eigenvalue weighted by molar-refractivity contribution is 5.80. The van der Waals surface area contributed by atoms with Gasteiger partial charge < -0.3 is 10.0 Å². The van der Waals surface area contributed by atoms with Gasteiger partial charge in [0, 0.05) is 18.5 Å². The van der Waals surface area contributed by atoms with Crippen LogP contribution in [0, 0.1) is 24.1 Å². The Morgan fingerprint density at radius 1 is 1.38 bits per heavy atom. The van der Waals surface area contributed by atoms with E-state index in [9.17, 15) is 14.3 Å². The van der Waals surface area contributed by atoms with E-state index in [4.69, 9.17) is 0 Å². The van der Waals surface area contributed by atoms with E-state index < -0.39 is 0 Å². The topological polar surface area (TPSA) is 40.5 Å². The molecule has 3 nitrogen and oxygen atoms in total. The van der Waals surface area contributed by atoms with Crippen molar-refractivity contribution in [1.82, 2.24) is 4.90 Å². The van der Waals surface area contributed by atoms with Gasteiger partial charge in [-0.25, -0.2) is 4.39 Å². The lowest BCUT2D eigenvalue weighted by atomic mass is 9.64. The number of carbonyl (C=O) groups excluding carboxylic acids is 1. The number of hydrogen-bond donors (Lipinski definition) is 1. The third-order valence-corrected chi connectivity index (χ3v) is 6.13. The first-order chi connectivity index (χ1) is 11.5. The molecule has 1 aromatic carbocycles. The molecule has 1 aromatic rings. The molecule has 1 saturated carbocycles. The van der Waals surface area contributed by atoms with E-state index in [0.29, 0.717) is 12.3 Å². The van der Waals surface area contributed by atoms with Crippen LogP contribution in [0.5, 0.6) is 0 Å². The Morgan fingerprint density at radius 2 is 2.04 bits per heavy atom. The summed E-state index contributed by atoms with van der Waals surface area (Å²) in [5, 5.41) is 9.30. The smallest absolute Gasteiger partial charge is 0.228 e. The Bertz CT molecular complexity index is 596. The molecule has 2 aliphatic rings. The molecular weight excluding hydrogens is 305 g/mol. The van der Waals surface area contributed by atoms with Gasteiger partial charge in [-0.2, -0.15) is 0 Å². The predicted molar refractivity (Wildman–Crippen MR) is 92.2 cm³/mol. The van der Waals surface area contributed by atoms with E-state index in [1.165, 1.54) is 5.56 Å². The molecule has 0 unspecified atom stereocenters. The molecule has 1 N–H and O–H groups in total. The van der Waals surface area contributed by atoms with Gasteiger partial charge in [-0.15, -0.1) is 0 Å². The van der Waals surface area contributed by atoms with Crippen LogP contribution in [0.2, 0.25) is 0 Å². The zero-order valence-electron chi connectivity index (χ0n) is 14.7. The lowest BCUT2D eigenvalue weighted by Gasteiger charge is -2.54. The van der Waals surface area contributed by atoms with Crippen molar-refractivity contribution < 1.29 is 14.3 Å². The number of hydrogen-bond acceptors (Lipinski definition) is 2. The van der Waals surface area contributed by atoms with Crippen LogP contribution in [0.1, 0.15) is 56.1 Å². The normalized spacial score (nSPS) is 21.6. The average Bonchev–Trinajstić information content (AvgIpc) is 2.56. The fraction of sp³-hybridized carbons (Fsp3) is 0.650. The van der Waals surface area contributed by atoms with Crippen LogP contribution in [0.25, 0.3) is 0 Å². The van der Waals surface area contributed by atoms with Crippen LogP contribution in [0.15, 0.2) is 18.2 Å². The third kappa shape index (κ3) is 3.21. The first-order valence-corrected chi connectivity index (χ1v) is 9.14. The minimum absolute atomic E-state index is 0.0508. The molecule has 1 amide bonds. The van der Waals surface area contributed by atoms with Crippen molar-refractivity contribution in [2.75, 3.05) is 19.7 Å². The van der Waals surface area contributed by atoms with Crippen LogP contribution in [-0.4, -0.2) is 35.6 Å². The highest BCUT2D eigenvalue weighted by atomic mass is 19.1. The van der Waals surface area contributed by atoms with Crippen LogP contribution >= 0.6 is 0 Å². The number of amides is 1. The monoisotopic (exact) mass is 333 g/mol. The van der Waals surface area contributed by atoms with Gasteiger partial charge in [-0.1, -0.05) is 19.1 Å². The summed E-state index contributed by atoms with van der Waals surface area (Å²) in [7, 11) is 0. The van der Waals surface area contributed by atoms with Gasteiger partial charge in [0.1, 0.15) is 5.82 Å². The number of aliphatic hydroxyl groups excluding tert-OH is 1. The molecule has 2 fully saturated rings. The van der Waals surface area contributed by atoms with Gasteiger partial charge in [0.05, 0.1) is 12.5 Å². The van der Waals surface area contributed by atoms with Crippen molar-refractivity contribution in [3.8, 4) is 0 Å². The maximum atomic E-state index is 13.4. The Balaban J connectivity index is 1.55. The number of aryl methyl sites for hydroxylation is 1. The fourth-order valence-corrected chi connectivity index (χ4v) is 4.36. The minimum Gasteiger partial charge on any atom is -0.396 e. The molecule has 1 atom stereocenters. The van der Waals surface area contributed by atoms with Crippen molar-refractivity contribution in [3.05, 3.63) is 35.1 Å². The number of halogens is 1. The van der Waals surface area contributed by atoms with Gasteiger partial charge in [-0.05, 0) is 62.1 Å². The SMILES string of the molecule is CC[C@H](CO)C(=O)N1CC2(CCC(c3ccc(F)c(C)c3)CC2)C1. The predicted octanol–water partition coefficient (Wildman–Crippen LogP) is 3.64. The molecule has 0 bridgehead atoms. The molecule has 0 radical (unpaired) electrons. The quantitative estimate of drug-likeness (QED) is 0.914. The molecule has 1 aliphatic heterocycles. The first kappa shape index (κ1) is 17.4. The summed E-state index contributed by atoms with van der Waals surface area (Å²) in [5.74, 6) is 0.261. The first-order valence-electron chi connectivity index (χ1n) is 9.14. The molecule has 1 spiro atoms. The van der Waals surface area contributed by atoms with Gasteiger partial charge in [-0.3, -0.25) is 4.79 Å². The maximum Gasteiger partial charge on any atom is 0.228 e. The summed E-state index contributed by atoms with van der Waals surface area (Å²) in [6.45, 7) is 5.41. The second-order valence-corrected chi connectivity index (χ2v) is 7.76. The second kappa shape index (κ2) is 6.83. The van der Waals surface area contributed by atoms with Gasteiger partial charge in [0.2, 0.25) is 5.91 Å². The van der Waals surface area contributed by atoms with Crippen molar-refractivity contribution in [1.29, 1.82) is 0 Å². The summed E-state index contributed by atoms with van der Waals surface area (Å²) in [4.78, 5) is 14.2. The Morgan fingerprint density at radius 3 is 2.58 bits per heavy atom. The summed E-state index contributed by atoms with van der Waals surface area (Å²) < 4.78 is 13.4. The number of carbonyl (C=O) groups is 1. The van der Waals surface area contributed by atoms with E-state index in [-0.39, 0.29) is 29.7 Å². The van der Waals surface area contributed by atoms with Crippen LogP contribution in [0.4, 0.5) is 4.39 Å². The highest BCUT2D eigenvalue weighted by Gasteiger charge is 2.47. The van der Waals surface area contributed by atoms with E-state index >= 15 is 0 Å². The van der Waals surface area contributed by atoms with Crippen LogP contribution in [-0.2, 0) is 4.79 Å². The van der Waals surface area contributed by atoms with Gasteiger partial charge >= 0.3 is 0 Å². The van der Waals surface area contributed by atoms with Crippen molar-refractivity contribution in [3.63, 3.8) is 0 Å². The van der Waals surface area contributed by atoms with Crippen molar-refractivity contribution in [2.24, 2.45) is 11.3 Å². The summed E-state index contributed by atoms with van der Waals surface area (Å²) in [6.07, 6.45) is 5.20. The van der Waals surface area contributed by atoms with Crippen LogP contribution < -0.4 is 0 Å². The summed E-state index contributed by atoms with van der Waals surface area (Å²) in [5.41, 5.74) is 2.26. The molecule has 1 aliphatic carbocycles. The molecule has 132 valence electrons. The molecule has 1 heterocycles. The lowest BCUT2D eigenvalue weighted by Crippen LogP contribution is -2.60. The standard InChI is InChI=1S/C20H28FNO2/c1-3-15(11-23)19(24)22-12-20(13-22)8-6-16(7-9-20)17-4-5-18(21)14(2)10-17/h4-5,10,15-16,23H,3,6-9,11-13H2,1-2H3/t15-/m1/s1. The maximum absolute atomic E-state index is 13.4. The molecule has 1 saturated heterocycles. The van der Waals surface area contributed by atoms with Gasteiger partial charge in [0.25, 0.3) is 0 Å². The number of rotatable bonds is 4.